The molecule has 4 atom stereocenters. The number of rotatable bonds is 12. The van der Waals surface area contributed by atoms with Gasteiger partial charge in [-0.05, 0) is 41.9 Å². The van der Waals surface area contributed by atoms with Gasteiger partial charge in [-0.2, -0.15) is 0 Å². The first-order valence-electron chi connectivity index (χ1n) is 12.1. The van der Waals surface area contributed by atoms with Crippen molar-refractivity contribution < 1.29 is 26.4 Å². The molecule has 1 aliphatic rings. The summed E-state index contributed by atoms with van der Waals surface area (Å²) in [5.74, 6) is -1.21. The number of thioether (sulfide) groups is 1. The minimum absolute atomic E-state index is 0.0183. The number of sulfone groups is 1. The van der Waals surface area contributed by atoms with Gasteiger partial charge < -0.3 is 9.16 Å². The van der Waals surface area contributed by atoms with Gasteiger partial charge in [-0.15, -0.1) is 11.8 Å². The summed E-state index contributed by atoms with van der Waals surface area (Å²) < 4.78 is 64.7. The molecule has 0 amide bonds. The quantitative estimate of drug-likeness (QED) is 0.216. The molecular formula is C26H36F2O4S2Si. The topological polar surface area (TPSA) is 55.9 Å². The maximum atomic E-state index is 14.6. The van der Waals surface area contributed by atoms with Crippen LogP contribution in [-0.2, 0) is 24.6 Å². The molecule has 9 heteroatoms. The molecule has 0 spiro atoms. The fraction of sp³-hybridized carbons (Fsp3) is 0.538. The van der Waals surface area contributed by atoms with Crippen molar-refractivity contribution in [2.75, 3.05) is 12.9 Å². The van der Waals surface area contributed by atoms with Gasteiger partial charge in [0.2, 0.25) is 0 Å². The van der Waals surface area contributed by atoms with Crippen LogP contribution in [0.5, 0.6) is 0 Å². The van der Waals surface area contributed by atoms with Crippen molar-refractivity contribution >= 4 is 29.9 Å². The number of hydrogen-bond acceptors (Lipinski definition) is 5. The zero-order chi connectivity index (χ0) is 26.0. The molecule has 194 valence electrons. The monoisotopic (exact) mass is 542 g/mol. The van der Waals surface area contributed by atoms with Gasteiger partial charge in [0.25, 0.3) is 0 Å². The van der Waals surface area contributed by atoms with Crippen molar-refractivity contribution in [2.45, 2.75) is 79.9 Å². The molecule has 0 bridgehead atoms. The van der Waals surface area contributed by atoms with Gasteiger partial charge in [-0.3, -0.25) is 0 Å². The fourth-order valence-corrected chi connectivity index (χ4v) is 9.72. The predicted molar refractivity (Wildman–Crippen MR) is 141 cm³/mol. The highest BCUT2D eigenvalue weighted by molar-refractivity contribution is 8.00. The molecule has 2 aromatic rings. The van der Waals surface area contributed by atoms with Crippen molar-refractivity contribution in [3.05, 3.63) is 65.2 Å². The summed E-state index contributed by atoms with van der Waals surface area (Å²) >= 11 is 1.66. The molecule has 1 fully saturated rings. The highest BCUT2D eigenvalue weighted by Gasteiger charge is 2.53. The van der Waals surface area contributed by atoms with Gasteiger partial charge in [-0.1, -0.05) is 52.8 Å². The van der Waals surface area contributed by atoms with Crippen molar-refractivity contribution in [2.24, 2.45) is 0 Å². The van der Waals surface area contributed by atoms with E-state index in [0.717, 1.165) is 29.8 Å². The number of halogens is 2. The van der Waals surface area contributed by atoms with Gasteiger partial charge in [0, 0.05) is 28.4 Å². The number of ether oxygens (including phenoxy) is 1. The third-order valence-electron chi connectivity index (χ3n) is 7.29. The largest absolute Gasteiger partial charge is 0.409 e. The zero-order valence-corrected chi connectivity index (χ0v) is 23.9. The van der Waals surface area contributed by atoms with Crippen LogP contribution < -0.4 is 0 Å². The summed E-state index contributed by atoms with van der Waals surface area (Å²) in [6, 6.07) is 13.5. The van der Waals surface area contributed by atoms with Gasteiger partial charge in [0.1, 0.15) is 17.2 Å². The second kappa shape index (κ2) is 11.0. The van der Waals surface area contributed by atoms with Crippen LogP contribution >= 0.6 is 11.8 Å². The molecule has 1 aliphatic heterocycles. The summed E-state index contributed by atoms with van der Waals surface area (Å²) in [5, 5.41) is -0.130. The summed E-state index contributed by atoms with van der Waals surface area (Å²) in [6.45, 7) is 11.0. The van der Waals surface area contributed by atoms with E-state index in [1.807, 2.05) is 19.1 Å². The summed E-state index contributed by atoms with van der Waals surface area (Å²) in [6.07, 6.45) is 0.944. The molecule has 1 heterocycles. The third kappa shape index (κ3) is 6.18. The Morgan fingerprint density at radius 2 is 1.63 bits per heavy atom. The van der Waals surface area contributed by atoms with Crippen LogP contribution in [0.25, 0.3) is 0 Å². The van der Waals surface area contributed by atoms with E-state index in [2.05, 4.69) is 27.7 Å². The normalized spacial score (nSPS) is 20.9. The summed E-state index contributed by atoms with van der Waals surface area (Å²) in [4.78, 5) is 0.274. The van der Waals surface area contributed by atoms with E-state index < -0.39 is 35.4 Å². The number of epoxide rings is 1. The smallest absolute Gasteiger partial charge is 0.192 e. The van der Waals surface area contributed by atoms with E-state index in [1.54, 1.807) is 23.9 Å². The second-order valence-electron chi connectivity index (χ2n) is 9.41. The van der Waals surface area contributed by atoms with E-state index in [4.69, 9.17) is 9.16 Å². The molecule has 35 heavy (non-hydrogen) atoms. The van der Waals surface area contributed by atoms with Crippen molar-refractivity contribution in [3.8, 4) is 0 Å². The highest BCUT2D eigenvalue weighted by atomic mass is 32.2. The molecule has 4 unspecified atom stereocenters. The lowest BCUT2D eigenvalue weighted by Gasteiger charge is -2.37. The van der Waals surface area contributed by atoms with Crippen molar-refractivity contribution in [3.63, 3.8) is 0 Å². The Labute approximate surface area is 213 Å². The SMILES string of the molecule is CC[Si](CC)(CC)OC(c1ccc(S(C)(=O)=O)cc1)C(C)SC(C)C1(c2ccc(F)cc2F)CO1. The minimum Gasteiger partial charge on any atom is -0.409 e. The molecule has 0 aliphatic carbocycles. The van der Waals surface area contributed by atoms with Gasteiger partial charge in [0.15, 0.2) is 18.2 Å². The molecule has 0 N–H and O–H groups in total. The first-order valence-corrected chi connectivity index (χ1v) is 17.5. The first-order chi connectivity index (χ1) is 16.4. The average molecular weight is 543 g/mol. The second-order valence-corrected chi connectivity index (χ2v) is 17.9. The Morgan fingerprint density at radius 3 is 2.09 bits per heavy atom. The Balaban J connectivity index is 1.90. The third-order valence-corrected chi connectivity index (χ3v) is 14.5. The van der Waals surface area contributed by atoms with Crippen LogP contribution in [0.15, 0.2) is 47.4 Å². The lowest BCUT2D eigenvalue weighted by molar-refractivity contribution is 0.190. The Bertz CT molecular complexity index is 1110. The number of hydrogen-bond donors (Lipinski definition) is 0. The molecule has 0 saturated carbocycles. The van der Waals surface area contributed by atoms with E-state index in [9.17, 15) is 17.2 Å². The van der Waals surface area contributed by atoms with E-state index >= 15 is 0 Å². The molecule has 0 radical (unpaired) electrons. The zero-order valence-electron chi connectivity index (χ0n) is 21.3. The van der Waals surface area contributed by atoms with Crippen LogP contribution in [0.1, 0.15) is 51.8 Å². The Hall–Kier alpha value is -1.26. The highest BCUT2D eigenvalue weighted by Crippen LogP contribution is 2.50. The molecule has 0 aromatic heterocycles. The van der Waals surface area contributed by atoms with E-state index in [1.165, 1.54) is 18.4 Å². The van der Waals surface area contributed by atoms with Crippen molar-refractivity contribution in [1.29, 1.82) is 0 Å². The average Bonchev–Trinajstić information content (AvgIpc) is 3.62. The summed E-state index contributed by atoms with van der Waals surface area (Å²) in [5.41, 5.74) is 0.506. The van der Waals surface area contributed by atoms with E-state index in [-0.39, 0.29) is 21.5 Å². The first kappa shape index (κ1) is 28.3. The molecule has 1 saturated heterocycles. The van der Waals surface area contributed by atoms with E-state index in [0.29, 0.717) is 12.2 Å². The molecular weight excluding hydrogens is 506 g/mol. The molecule has 4 nitrogen and oxygen atoms in total. The van der Waals surface area contributed by atoms with Crippen LogP contribution in [0.4, 0.5) is 8.78 Å². The molecule has 3 rings (SSSR count). The van der Waals surface area contributed by atoms with Gasteiger partial charge >= 0.3 is 0 Å². The van der Waals surface area contributed by atoms with Crippen molar-refractivity contribution in [1.82, 2.24) is 0 Å². The molecule has 2 aromatic carbocycles. The lowest BCUT2D eigenvalue weighted by Crippen LogP contribution is -2.40. The maximum absolute atomic E-state index is 14.6. The Morgan fingerprint density at radius 1 is 1.06 bits per heavy atom. The minimum atomic E-state index is -3.30. The number of benzene rings is 2. The maximum Gasteiger partial charge on any atom is 0.192 e. The lowest BCUT2D eigenvalue weighted by atomic mass is 9.96. The fourth-order valence-electron chi connectivity index (χ4n) is 4.63. The predicted octanol–water partition coefficient (Wildman–Crippen LogP) is 6.87. The van der Waals surface area contributed by atoms with Crippen LogP contribution in [0.3, 0.4) is 0 Å². The van der Waals surface area contributed by atoms with Crippen LogP contribution in [0, 0.1) is 11.6 Å². The standard InChI is InChI=1S/C26H36F2O4S2Si/c1-7-35(8-2,9-3)32-25(20-10-13-22(14-11-20)34(6,29)30)18(4)33-19(5)26(17-31-26)23-15-12-21(27)16-24(23)28/h10-16,18-19,25H,7-9,17H2,1-6H3. The Kier molecular flexibility index (Phi) is 8.90. The van der Waals surface area contributed by atoms with Gasteiger partial charge in [-0.25, -0.2) is 17.2 Å². The summed E-state index contributed by atoms with van der Waals surface area (Å²) in [7, 11) is -5.30. The van der Waals surface area contributed by atoms with Gasteiger partial charge in [0.05, 0.1) is 17.6 Å². The van der Waals surface area contributed by atoms with Crippen LogP contribution in [0.2, 0.25) is 18.1 Å². The van der Waals surface area contributed by atoms with Crippen LogP contribution in [-0.4, -0.2) is 40.1 Å².